The van der Waals surface area contributed by atoms with E-state index < -0.39 is 10.9 Å². The first-order valence-electron chi connectivity index (χ1n) is 5.29. The lowest BCUT2D eigenvalue weighted by atomic mass is 9.87. The van der Waals surface area contributed by atoms with Crippen LogP contribution < -0.4 is 0 Å². The number of aryl methyl sites for hydroxylation is 1. The van der Waals surface area contributed by atoms with Crippen molar-refractivity contribution in [3.8, 4) is 0 Å². The first-order chi connectivity index (χ1) is 8.08. The lowest BCUT2D eigenvalue weighted by molar-refractivity contribution is -0.384. The quantitative estimate of drug-likeness (QED) is 0.483. The number of nitrogens with zero attached hydrogens (tertiary/aromatic N) is 1. The molecule has 1 aliphatic carbocycles. The zero-order chi connectivity index (χ0) is 12.4. The van der Waals surface area contributed by atoms with Crippen molar-refractivity contribution in [3.05, 3.63) is 45.5 Å². The number of carboxylic acids is 1. The number of carbonyl (C=O) groups is 1. The van der Waals surface area contributed by atoms with Crippen LogP contribution in [0.2, 0.25) is 0 Å². The first-order valence-corrected chi connectivity index (χ1v) is 5.29. The highest BCUT2D eigenvalue weighted by Crippen LogP contribution is 2.33. The van der Waals surface area contributed by atoms with E-state index in [0.717, 1.165) is 24.5 Å². The molecule has 0 amide bonds. The van der Waals surface area contributed by atoms with Crippen LogP contribution in [0.5, 0.6) is 0 Å². The molecule has 0 aromatic heterocycles. The summed E-state index contributed by atoms with van der Waals surface area (Å²) in [7, 11) is 0. The largest absolute Gasteiger partial charge is 0.478 e. The molecule has 0 atom stereocenters. The molecule has 0 spiro atoms. The summed E-state index contributed by atoms with van der Waals surface area (Å²) in [6.45, 7) is 0. The lowest BCUT2D eigenvalue weighted by Gasteiger charge is -2.18. The molecule has 5 nitrogen and oxygen atoms in total. The minimum atomic E-state index is -1.01. The zero-order valence-corrected chi connectivity index (χ0v) is 9.05. The van der Waals surface area contributed by atoms with Gasteiger partial charge in [0.15, 0.2) is 0 Å². The van der Waals surface area contributed by atoms with E-state index in [1.165, 1.54) is 12.1 Å². The molecule has 0 bridgehead atoms. The van der Waals surface area contributed by atoms with Crippen molar-refractivity contribution in [3.63, 3.8) is 0 Å². The summed E-state index contributed by atoms with van der Waals surface area (Å²) in [6.07, 6.45) is 3.51. The predicted molar refractivity (Wildman–Crippen MR) is 61.6 cm³/mol. The third-order valence-electron chi connectivity index (χ3n) is 2.84. The monoisotopic (exact) mass is 233 g/mol. The van der Waals surface area contributed by atoms with Crippen LogP contribution in [-0.2, 0) is 11.2 Å². The number of nitro groups is 1. The summed E-state index contributed by atoms with van der Waals surface area (Å²) in [6, 6.07) is 4.63. The normalized spacial score (nSPS) is 16.6. The Morgan fingerprint density at radius 1 is 1.41 bits per heavy atom. The Hall–Kier alpha value is -2.17. The topological polar surface area (TPSA) is 80.4 Å². The highest BCUT2D eigenvalue weighted by atomic mass is 16.6. The van der Waals surface area contributed by atoms with E-state index in [9.17, 15) is 14.9 Å². The molecule has 1 aliphatic rings. The van der Waals surface area contributed by atoms with Crippen LogP contribution in [0.4, 0.5) is 5.69 Å². The minimum absolute atomic E-state index is 0.00180. The van der Waals surface area contributed by atoms with Gasteiger partial charge in [0.25, 0.3) is 5.69 Å². The summed E-state index contributed by atoms with van der Waals surface area (Å²) >= 11 is 0. The van der Waals surface area contributed by atoms with Crippen molar-refractivity contribution in [2.24, 2.45) is 0 Å². The maximum absolute atomic E-state index is 10.7. The van der Waals surface area contributed by atoms with Gasteiger partial charge in [-0.1, -0.05) is 6.07 Å². The summed E-state index contributed by atoms with van der Waals surface area (Å²) in [5.74, 6) is -1.01. The molecule has 17 heavy (non-hydrogen) atoms. The van der Waals surface area contributed by atoms with E-state index >= 15 is 0 Å². The number of benzene rings is 1. The summed E-state index contributed by atoms with van der Waals surface area (Å²) in [4.78, 5) is 20.9. The first kappa shape index (κ1) is 11.3. The number of fused-ring (bicyclic) bond motifs is 1. The van der Waals surface area contributed by atoms with Crippen LogP contribution in [0.15, 0.2) is 24.3 Å². The molecule has 5 heteroatoms. The second-order valence-corrected chi connectivity index (χ2v) is 3.96. The molecular weight excluding hydrogens is 222 g/mol. The Morgan fingerprint density at radius 2 is 2.18 bits per heavy atom. The van der Waals surface area contributed by atoms with Crippen LogP contribution in [0.1, 0.15) is 24.0 Å². The van der Waals surface area contributed by atoms with Crippen LogP contribution >= 0.6 is 0 Å². The van der Waals surface area contributed by atoms with Crippen molar-refractivity contribution in [1.29, 1.82) is 0 Å². The predicted octanol–water partition coefficient (Wildman–Crippen LogP) is 2.40. The average molecular weight is 233 g/mol. The highest BCUT2D eigenvalue weighted by molar-refractivity contribution is 5.91. The molecule has 0 fully saturated rings. The fraction of sp³-hybridized carbons (Fsp3) is 0.250. The summed E-state index contributed by atoms with van der Waals surface area (Å²) in [5, 5.41) is 19.4. The van der Waals surface area contributed by atoms with Gasteiger partial charge in [0.1, 0.15) is 0 Å². The Balaban J connectivity index is 2.52. The number of carboxylic acid groups (broad SMARTS) is 1. The van der Waals surface area contributed by atoms with Gasteiger partial charge >= 0.3 is 5.97 Å². The van der Waals surface area contributed by atoms with Gasteiger partial charge in [-0.25, -0.2) is 4.79 Å². The van der Waals surface area contributed by atoms with Crippen LogP contribution in [0.3, 0.4) is 0 Å². The van der Waals surface area contributed by atoms with E-state index in [0.29, 0.717) is 17.6 Å². The third-order valence-corrected chi connectivity index (χ3v) is 2.84. The SMILES string of the molecule is O=C(O)/C=C1/CCCc2ccc([N+](=O)[O-])cc21. The van der Waals surface area contributed by atoms with Crippen molar-refractivity contribution in [2.75, 3.05) is 0 Å². The summed E-state index contributed by atoms with van der Waals surface area (Å²) < 4.78 is 0. The smallest absolute Gasteiger partial charge is 0.328 e. The van der Waals surface area contributed by atoms with E-state index in [2.05, 4.69) is 0 Å². The third kappa shape index (κ3) is 2.33. The zero-order valence-electron chi connectivity index (χ0n) is 9.05. The number of rotatable bonds is 2. The number of non-ortho nitro benzene ring substituents is 1. The molecule has 0 radical (unpaired) electrons. The number of hydrogen-bond donors (Lipinski definition) is 1. The van der Waals surface area contributed by atoms with Gasteiger partial charge in [-0.05, 0) is 36.0 Å². The molecule has 88 valence electrons. The van der Waals surface area contributed by atoms with E-state index in [1.54, 1.807) is 6.07 Å². The minimum Gasteiger partial charge on any atom is -0.478 e. The molecule has 1 aromatic rings. The Morgan fingerprint density at radius 3 is 2.82 bits per heavy atom. The van der Waals surface area contributed by atoms with Gasteiger partial charge in [-0.3, -0.25) is 10.1 Å². The van der Waals surface area contributed by atoms with Gasteiger partial charge in [-0.2, -0.15) is 0 Å². The molecule has 1 N–H and O–H groups in total. The second kappa shape index (κ2) is 4.37. The average Bonchev–Trinajstić information content (AvgIpc) is 2.28. The van der Waals surface area contributed by atoms with Gasteiger partial charge in [0.2, 0.25) is 0 Å². The van der Waals surface area contributed by atoms with Gasteiger partial charge in [0, 0.05) is 18.2 Å². The number of allylic oxidation sites excluding steroid dienone is 1. The molecule has 0 aliphatic heterocycles. The van der Waals surface area contributed by atoms with Gasteiger partial charge in [0.05, 0.1) is 4.92 Å². The van der Waals surface area contributed by atoms with Crippen LogP contribution in [0.25, 0.3) is 5.57 Å². The Bertz CT molecular complexity index is 519. The molecule has 0 saturated carbocycles. The van der Waals surface area contributed by atoms with E-state index in [4.69, 9.17) is 5.11 Å². The number of aliphatic carboxylic acids is 1. The van der Waals surface area contributed by atoms with Crippen LogP contribution in [-0.4, -0.2) is 16.0 Å². The molecular formula is C12H11NO4. The Labute approximate surface area is 97.5 Å². The summed E-state index contributed by atoms with van der Waals surface area (Å²) in [5.41, 5.74) is 2.35. The lowest BCUT2D eigenvalue weighted by Crippen LogP contribution is -2.04. The fourth-order valence-electron chi connectivity index (χ4n) is 2.10. The standard InChI is InChI=1S/C12H11NO4/c14-12(15)6-9-3-1-2-8-4-5-10(13(16)17)7-11(8)9/h4-7H,1-3H2,(H,14,15)/b9-6-. The molecule has 1 aromatic carbocycles. The Kier molecular flexibility index (Phi) is 2.91. The maximum atomic E-state index is 10.7. The van der Waals surface area contributed by atoms with Crippen molar-refractivity contribution in [2.45, 2.75) is 19.3 Å². The van der Waals surface area contributed by atoms with Crippen LogP contribution in [0, 0.1) is 10.1 Å². The fourth-order valence-corrected chi connectivity index (χ4v) is 2.10. The van der Waals surface area contributed by atoms with Crippen molar-refractivity contribution in [1.82, 2.24) is 0 Å². The second-order valence-electron chi connectivity index (χ2n) is 3.96. The molecule has 0 unspecified atom stereocenters. The number of hydrogen-bond acceptors (Lipinski definition) is 3. The maximum Gasteiger partial charge on any atom is 0.328 e. The molecule has 0 heterocycles. The van der Waals surface area contributed by atoms with Crippen molar-refractivity contribution >= 4 is 17.2 Å². The highest BCUT2D eigenvalue weighted by Gasteiger charge is 2.18. The van der Waals surface area contributed by atoms with Gasteiger partial charge in [-0.15, -0.1) is 0 Å². The van der Waals surface area contributed by atoms with Crippen molar-refractivity contribution < 1.29 is 14.8 Å². The molecule has 2 rings (SSSR count). The number of nitro benzene ring substituents is 1. The molecule has 0 saturated heterocycles. The van der Waals surface area contributed by atoms with E-state index in [1.807, 2.05) is 0 Å². The van der Waals surface area contributed by atoms with E-state index in [-0.39, 0.29) is 5.69 Å². The van der Waals surface area contributed by atoms with Gasteiger partial charge < -0.3 is 5.11 Å².